The molecule has 25 heavy (non-hydrogen) atoms. The molecule has 1 aliphatic rings. The number of nitrogens with zero attached hydrogens (tertiary/aromatic N) is 5. The number of hydrogen-bond donors (Lipinski definition) is 1. The fourth-order valence-corrected chi connectivity index (χ4v) is 3.37. The molecule has 6 heteroatoms. The second kappa shape index (κ2) is 8.63. The Kier molecular flexibility index (Phi) is 6.02. The highest BCUT2D eigenvalue weighted by molar-refractivity contribution is 5.42. The molecule has 0 amide bonds. The van der Waals surface area contributed by atoms with E-state index in [0.29, 0.717) is 11.6 Å². The first kappa shape index (κ1) is 17.4. The van der Waals surface area contributed by atoms with Crippen molar-refractivity contribution in [1.29, 1.82) is 5.26 Å². The predicted octanol–water partition coefficient (Wildman–Crippen LogP) is 2.36. The number of nitriles is 1. The molecule has 1 N–H and O–H groups in total. The molecule has 1 aliphatic heterocycles. The van der Waals surface area contributed by atoms with E-state index in [4.69, 9.17) is 5.26 Å². The highest BCUT2D eigenvalue weighted by atomic mass is 15.2. The largest absolute Gasteiger partial charge is 0.357 e. The minimum Gasteiger partial charge on any atom is -0.357 e. The lowest BCUT2D eigenvalue weighted by molar-refractivity contribution is 0.405. The smallest absolute Gasteiger partial charge is 0.128 e. The van der Waals surface area contributed by atoms with Gasteiger partial charge >= 0.3 is 0 Å². The molecule has 2 aromatic heterocycles. The highest BCUT2D eigenvalue weighted by Gasteiger charge is 2.19. The first-order chi connectivity index (χ1) is 12.3. The zero-order valence-corrected chi connectivity index (χ0v) is 14.9. The molecule has 0 atom stereocenters. The standard InChI is InChI=1S/C19H26N6/c1-2-18-22-9-13-24(18)10-3-8-21-17-6-11-25(12-7-17)19-5-4-16(14-20)15-23-19/h4-5,9,13,15,17,21H,2-3,6-8,10-12H2,1H3. The lowest BCUT2D eigenvalue weighted by atomic mass is 10.0. The summed E-state index contributed by atoms with van der Waals surface area (Å²) in [5.41, 5.74) is 0.615. The van der Waals surface area contributed by atoms with Gasteiger partial charge in [0.1, 0.15) is 17.7 Å². The van der Waals surface area contributed by atoms with Gasteiger partial charge in [-0.15, -0.1) is 0 Å². The van der Waals surface area contributed by atoms with Crippen LogP contribution in [-0.4, -0.2) is 40.2 Å². The van der Waals surface area contributed by atoms with Crippen LogP contribution in [0.5, 0.6) is 0 Å². The number of nitrogens with one attached hydrogen (secondary N) is 1. The molecule has 132 valence electrons. The Labute approximate surface area is 149 Å². The molecule has 0 spiro atoms. The topological polar surface area (TPSA) is 69.8 Å². The maximum Gasteiger partial charge on any atom is 0.128 e. The monoisotopic (exact) mass is 338 g/mol. The van der Waals surface area contributed by atoms with Gasteiger partial charge in [0.2, 0.25) is 0 Å². The maximum absolute atomic E-state index is 8.85. The molecule has 1 saturated heterocycles. The number of rotatable bonds is 7. The van der Waals surface area contributed by atoms with Crippen molar-refractivity contribution < 1.29 is 0 Å². The van der Waals surface area contributed by atoms with Gasteiger partial charge in [0.25, 0.3) is 0 Å². The van der Waals surface area contributed by atoms with Crippen molar-refractivity contribution in [2.45, 2.75) is 45.2 Å². The van der Waals surface area contributed by atoms with E-state index < -0.39 is 0 Å². The molecule has 1 fully saturated rings. The summed E-state index contributed by atoms with van der Waals surface area (Å²) < 4.78 is 2.25. The number of aryl methyl sites for hydroxylation is 2. The summed E-state index contributed by atoms with van der Waals surface area (Å²) >= 11 is 0. The first-order valence-electron chi connectivity index (χ1n) is 9.14. The van der Waals surface area contributed by atoms with E-state index in [-0.39, 0.29) is 0 Å². The molecule has 0 saturated carbocycles. The summed E-state index contributed by atoms with van der Waals surface area (Å²) in [7, 11) is 0. The lowest BCUT2D eigenvalue weighted by Gasteiger charge is -2.33. The molecule has 3 heterocycles. The summed E-state index contributed by atoms with van der Waals surface area (Å²) in [4.78, 5) is 11.1. The van der Waals surface area contributed by atoms with Crippen molar-refractivity contribution in [1.82, 2.24) is 19.9 Å². The van der Waals surface area contributed by atoms with Gasteiger partial charge in [-0.25, -0.2) is 9.97 Å². The van der Waals surface area contributed by atoms with Gasteiger partial charge in [-0.05, 0) is 37.9 Å². The Bertz CT molecular complexity index is 691. The predicted molar refractivity (Wildman–Crippen MR) is 98.4 cm³/mol. The van der Waals surface area contributed by atoms with Crippen LogP contribution >= 0.6 is 0 Å². The van der Waals surface area contributed by atoms with Crippen LogP contribution < -0.4 is 10.2 Å². The van der Waals surface area contributed by atoms with Gasteiger partial charge in [0, 0.05) is 50.7 Å². The third kappa shape index (κ3) is 4.58. The summed E-state index contributed by atoms with van der Waals surface area (Å²) in [6, 6.07) is 6.49. The van der Waals surface area contributed by atoms with Crippen molar-refractivity contribution in [2.24, 2.45) is 0 Å². The normalized spacial score (nSPS) is 15.3. The Hall–Kier alpha value is -2.39. The fourth-order valence-electron chi connectivity index (χ4n) is 3.37. The van der Waals surface area contributed by atoms with E-state index in [1.165, 1.54) is 5.82 Å². The summed E-state index contributed by atoms with van der Waals surface area (Å²) in [6.45, 7) is 6.25. The van der Waals surface area contributed by atoms with Crippen molar-refractivity contribution in [2.75, 3.05) is 24.5 Å². The second-order valence-electron chi connectivity index (χ2n) is 6.48. The summed E-state index contributed by atoms with van der Waals surface area (Å²) in [6.07, 6.45) is 9.99. The van der Waals surface area contributed by atoms with E-state index >= 15 is 0 Å². The van der Waals surface area contributed by atoms with E-state index in [0.717, 1.165) is 57.7 Å². The van der Waals surface area contributed by atoms with Gasteiger partial charge in [0.15, 0.2) is 0 Å². The number of piperidine rings is 1. The number of aromatic nitrogens is 3. The van der Waals surface area contributed by atoms with Crippen molar-refractivity contribution in [3.63, 3.8) is 0 Å². The molecule has 0 aliphatic carbocycles. The number of imidazole rings is 1. The van der Waals surface area contributed by atoms with Gasteiger partial charge in [-0.1, -0.05) is 6.92 Å². The molecular weight excluding hydrogens is 312 g/mol. The Morgan fingerprint density at radius 2 is 2.12 bits per heavy atom. The van der Waals surface area contributed by atoms with Crippen LogP contribution in [0.4, 0.5) is 5.82 Å². The molecule has 6 nitrogen and oxygen atoms in total. The van der Waals surface area contributed by atoms with Gasteiger partial charge < -0.3 is 14.8 Å². The third-order valence-corrected chi connectivity index (χ3v) is 4.82. The Morgan fingerprint density at radius 1 is 1.28 bits per heavy atom. The van der Waals surface area contributed by atoms with Crippen LogP contribution in [0.15, 0.2) is 30.7 Å². The molecule has 2 aromatic rings. The van der Waals surface area contributed by atoms with E-state index in [2.05, 4.69) is 43.9 Å². The van der Waals surface area contributed by atoms with Gasteiger partial charge in [-0.2, -0.15) is 5.26 Å². The molecule has 3 rings (SSSR count). The van der Waals surface area contributed by atoms with Gasteiger partial charge in [-0.3, -0.25) is 0 Å². The van der Waals surface area contributed by atoms with Crippen LogP contribution in [0.2, 0.25) is 0 Å². The van der Waals surface area contributed by atoms with Crippen LogP contribution in [0, 0.1) is 11.3 Å². The van der Waals surface area contributed by atoms with Crippen LogP contribution in [-0.2, 0) is 13.0 Å². The van der Waals surface area contributed by atoms with Crippen LogP contribution in [0.25, 0.3) is 0 Å². The Morgan fingerprint density at radius 3 is 2.80 bits per heavy atom. The van der Waals surface area contributed by atoms with Crippen LogP contribution in [0.3, 0.4) is 0 Å². The summed E-state index contributed by atoms with van der Waals surface area (Å²) in [5.74, 6) is 2.15. The van der Waals surface area contributed by atoms with Gasteiger partial charge in [0.05, 0.1) is 5.56 Å². The lowest BCUT2D eigenvalue weighted by Crippen LogP contribution is -2.43. The average Bonchev–Trinajstić information content (AvgIpc) is 3.13. The van der Waals surface area contributed by atoms with E-state index in [9.17, 15) is 0 Å². The quantitative estimate of drug-likeness (QED) is 0.785. The van der Waals surface area contributed by atoms with E-state index in [1.807, 2.05) is 18.3 Å². The van der Waals surface area contributed by atoms with Crippen molar-refractivity contribution >= 4 is 5.82 Å². The molecule has 0 unspecified atom stereocenters. The molecule has 0 radical (unpaired) electrons. The third-order valence-electron chi connectivity index (χ3n) is 4.82. The highest BCUT2D eigenvalue weighted by Crippen LogP contribution is 2.18. The minimum absolute atomic E-state index is 0.586. The second-order valence-corrected chi connectivity index (χ2v) is 6.48. The summed E-state index contributed by atoms with van der Waals surface area (Å²) in [5, 5.41) is 12.5. The maximum atomic E-state index is 8.85. The SMILES string of the molecule is CCc1nccn1CCCNC1CCN(c2ccc(C#N)cn2)CC1. The Balaban J connectivity index is 1.37. The van der Waals surface area contributed by atoms with Crippen molar-refractivity contribution in [3.8, 4) is 6.07 Å². The fraction of sp³-hybridized carbons (Fsp3) is 0.526. The van der Waals surface area contributed by atoms with E-state index in [1.54, 1.807) is 6.20 Å². The zero-order chi connectivity index (χ0) is 17.5. The van der Waals surface area contributed by atoms with Crippen molar-refractivity contribution in [3.05, 3.63) is 42.1 Å². The number of pyridine rings is 1. The number of hydrogen-bond acceptors (Lipinski definition) is 5. The number of anilines is 1. The first-order valence-corrected chi connectivity index (χ1v) is 9.14. The molecule has 0 bridgehead atoms. The molecule has 0 aromatic carbocycles. The zero-order valence-electron chi connectivity index (χ0n) is 14.9. The van der Waals surface area contributed by atoms with Crippen LogP contribution in [0.1, 0.15) is 37.6 Å². The molecular formula is C19H26N6. The average molecular weight is 338 g/mol. The minimum atomic E-state index is 0.586.